The summed E-state index contributed by atoms with van der Waals surface area (Å²) in [6.45, 7) is 3.02. The van der Waals surface area contributed by atoms with E-state index in [1.807, 2.05) is 49.4 Å². The van der Waals surface area contributed by atoms with Crippen LogP contribution in [0.5, 0.6) is 11.5 Å². The third kappa shape index (κ3) is 4.59. The number of likely N-dealkylation sites (N-methyl/N-ethyl adjacent to an activating group) is 1. The molecular formula is C23H26N2O4. The number of rotatable bonds is 7. The highest BCUT2D eigenvalue weighted by Crippen LogP contribution is 2.29. The molecule has 2 aromatic carbocycles. The van der Waals surface area contributed by atoms with Gasteiger partial charge in [0.25, 0.3) is 0 Å². The smallest absolute Gasteiger partial charge is 0.249 e. The molecular weight excluding hydrogens is 368 g/mol. The summed E-state index contributed by atoms with van der Waals surface area (Å²) in [4.78, 5) is 28.7. The molecule has 1 atom stereocenters. The highest BCUT2D eigenvalue weighted by molar-refractivity contribution is 6.03. The second-order valence-corrected chi connectivity index (χ2v) is 6.76. The molecule has 0 radical (unpaired) electrons. The predicted octanol–water partition coefficient (Wildman–Crippen LogP) is 3.37. The van der Waals surface area contributed by atoms with Crippen LogP contribution in [0.2, 0.25) is 0 Å². The lowest BCUT2D eigenvalue weighted by Gasteiger charge is -2.23. The summed E-state index contributed by atoms with van der Waals surface area (Å²) in [5, 5.41) is 0. The summed E-state index contributed by atoms with van der Waals surface area (Å²) >= 11 is 0. The van der Waals surface area contributed by atoms with Crippen molar-refractivity contribution in [2.45, 2.75) is 19.4 Å². The van der Waals surface area contributed by atoms with Crippen molar-refractivity contribution in [3.8, 4) is 11.5 Å². The van der Waals surface area contributed by atoms with Crippen LogP contribution < -0.4 is 14.4 Å². The van der Waals surface area contributed by atoms with Gasteiger partial charge in [0.2, 0.25) is 11.8 Å². The van der Waals surface area contributed by atoms with Crippen LogP contribution in [0.3, 0.4) is 0 Å². The number of benzene rings is 2. The summed E-state index contributed by atoms with van der Waals surface area (Å²) in [6, 6.07) is 14.5. The molecule has 0 saturated carbocycles. The van der Waals surface area contributed by atoms with E-state index >= 15 is 0 Å². The minimum atomic E-state index is -0.456. The van der Waals surface area contributed by atoms with Gasteiger partial charge < -0.3 is 19.3 Å². The molecule has 1 heterocycles. The SMILES string of the molecule is CCOc1cc(C=CC(=O)N(C)C2CCN(c3ccccc3)C2=O)ccc1OC. The molecule has 6 nitrogen and oxygen atoms in total. The fraction of sp³-hybridized carbons (Fsp3) is 0.304. The van der Waals surface area contributed by atoms with Gasteiger partial charge in [0, 0.05) is 25.4 Å². The second-order valence-electron chi connectivity index (χ2n) is 6.76. The molecule has 1 unspecified atom stereocenters. The van der Waals surface area contributed by atoms with Gasteiger partial charge in [0.05, 0.1) is 13.7 Å². The van der Waals surface area contributed by atoms with Gasteiger partial charge in [0.1, 0.15) is 6.04 Å². The summed E-state index contributed by atoms with van der Waals surface area (Å²) in [7, 11) is 3.26. The first-order valence-electron chi connectivity index (χ1n) is 9.67. The first kappa shape index (κ1) is 20.5. The summed E-state index contributed by atoms with van der Waals surface area (Å²) in [5.74, 6) is 1.00. The number of methoxy groups -OCH3 is 1. The monoisotopic (exact) mass is 394 g/mol. The van der Waals surface area contributed by atoms with Crippen LogP contribution in [0.15, 0.2) is 54.6 Å². The Kier molecular flexibility index (Phi) is 6.54. The van der Waals surface area contributed by atoms with Gasteiger partial charge in [-0.1, -0.05) is 24.3 Å². The standard InChI is InChI=1S/C23H26N2O4/c1-4-29-21-16-17(10-12-20(21)28-3)11-13-22(26)24(2)19-14-15-25(23(19)27)18-8-6-5-7-9-18/h5-13,16,19H,4,14-15H2,1-3H3. The number of anilines is 1. The Bertz CT molecular complexity index is 895. The van der Waals surface area contributed by atoms with Crippen molar-refractivity contribution in [2.24, 2.45) is 0 Å². The molecule has 0 spiro atoms. The molecule has 0 N–H and O–H groups in total. The van der Waals surface area contributed by atoms with Crippen LogP contribution in [-0.2, 0) is 9.59 Å². The predicted molar refractivity (Wildman–Crippen MR) is 113 cm³/mol. The molecule has 6 heteroatoms. The number of ether oxygens (including phenoxy) is 2. The molecule has 1 fully saturated rings. The van der Waals surface area contributed by atoms with E-state index < -0.39 is 6.04 Å². The molecule has 29 heavy (non-hydrogen) atoms. The van der Waals surface area contributed by atoms with Crippen molar-refractivity contribution in [2.75, 3.05) is 32.2 Å². The maximum atomic E-state index is 12.8. The first-order chi connectivity index (χ1) is 14.0. The van der Waals surface area contributed by atoms with E-state index in [9.17, 15) is 9.59 Å². The van der Waals surface area contributed by atoms with Crippen molar-refractivity contribution in [1.29, 1.82) is 0 Å². The largest absolute Gasteiger partial charge is 0.493 e. The minimum Gasteiger partial charge on any atom is -0.493 e. The van der Waals surface area contributed by atoms with Crippen molar-refractivity contribution >= 4 is 23.6 Å². The molecule has 152 valence electrons. The molecule has 0 bridgehead atoms. The molecule has 1 aliphatic rings. The number of carbonyl (C=O) groups excluding carboxylic acids is 2. The van der Waals surface area contributed by atoms with Gasteiger partial charge in [-0.25, -0.2) is 0 Å². The minimum absolute atomic E-state index is 0.0523. The van der Waals surface area contributed by atoms with Crippen LogP contribution in [-0.4, -0.2) is 50.1 Å². The lowest BCUT2D eigenvalue weighted by atomic mass is 10.1. The van der Waals surface area contributed by atoms with E-state index in [1.165, 1.54) is 11.0 Å². The van der Waals surface area contributed by atoms with E-state index in [-0.39, 0.29) is 11.8 Å². The summed E-state index contributed by atoms with van der Waals surface area (Å²) in [6.07, 6.45) is 3.81. The highest BCUT2D eigenvalue weighted by atomic mass is 16.5. The Morgan fingerprint density at radius 3 is 2.66 bits per heavy atom. The number of carbonyl (C=O) groups is 2. The maximum Gasteiger partial charge on any atom is 0.249 e. The van der Waals surface area contributed by atoms with Gasteiger partial charge in [-0.2, -0.15) is 0 Å². The Morgan fingerprint density at radius 2 is 1.97 bits per heavy atom. The number of para-hydroxylation sites is 1. The molecule has 2 amide bonds. The zero-order valence-electron chi connectivity index (χ0n) is 17.0. The van der Waals surface area contributed by atoms with Gasteiger partial charge >= 0.3 is 0 Å². The second kappa shape index (κ2) is 9.28. The summed E-state index contributed by atoms with van der Waals surface area (Å²) < 4.78 is 10.8. The Hall–Kier alpha value is -3.28. The zero-order chi connectivity index (χ0) is 20.8. The lowest BCUT2D eigenvalue weighted by molar-refractivity contribution is -0.132. The molecule has 0 aliphatic carbocycles. The average Bonchev–Trinajstić information content (AvgIpc) is 3.13. The zero-order valence-corrected chi connectivity index (χ0v) is 17.0. The summed E-state index contributed by atoms with van der Waals surface area (Å²) in [5.41, 5.74) is 1.68. The number of amides is 2. The third-order valence-electron chi connectivity index (χ3n) is 4.97. The number of hydrogen-bond donors (Lipinski definition) is 0. The van der Waals surface area contributed by atoms with Crippen molar-refractivity contribution in [1.82, 2.24) is 4.90 Å². The molecule has 1 saturated heterocycles. The van der Waals surface area contributed by atoms with E-state index in [0.717, 1.165) is 11.3 Å². The van der Waals surface area contributed by atoms with Crippen LogP contribution >= 0.6 is 0 Å². The van der Waals surface area contributed by atoms with Gasteiger partial charge in [-0.15, -0.1) is 0 Å². The van der Waals surface area contributed by atoms with Crippen LogP contribution in [0.25, 0.3) is 6.08 Å². The van der Waals surface area contributed by atoms with Gasteiger partial charge in [-0.3, -0.25) is 9.59 Å². The van der Waals surface area contributed by atoms with Crippen LogP contribution in [0.4, 0.5) is 5.69 Å². The number of hydrogen-bond acceptors (Lipinski definition) is 4. The first-order valence-corrected chi connectivity index (χ1v) is 9.67. The average molecular weight is 394 g/mol. The molecule has 1 aliphatic heterocycles. The van der Waals surface area contributed by atoms with Crippen LogP contribution in [0.1, 0.15) is 18.9 Å². The quantitative estimate of drug-likeness (QED) is 0.676. The maximum absolute atomic E-state index is 12.8. The van der Waals surface area contributed by atoms with Crippen molar-refractivity contribution in [3.63, 3.8) is 0 Å². The fourth-order valence-electron chi connectivity index (χ4n) is 3.39. The highest BCUT2D eigenvalue weighted by Gasteiger charge is 2.36. The Labute approximate surface area is 171 Å². The Balaban J connectivity index is 1.68. The van der Waals surface area contributed by atoms with Crippen molar-refractivity contribution in [3.05, 3.63) is 60.2 Å². The normalized spacial score (nSPS) is 16.3. The fourth-order valence-corrected chi connectivity index (χ4v) is 3.39. The Morgan fingerprint density at radius 1 is 1.21 bits per heavy atom. The van der Waals surface area contributed by atoms with E-state index in [1.54, 1.807) is 31.2 Å². The third-order valence-corrected chi connectivity index (χ3v) is 4.97. The van der Waals surface area contributed by atoms with E-state index in [0.29, 0.717) is 31.1 Å². The van der Waals surface area contributed by atoms with E-state index in [4.69, 9.17) is 9.47 Å². The van der Waals surface area contributed by atoms with E-state index in [2.05, 4.69) is 0 Å². The number of nitrogens with zero attached hydrogens (tertiary/aromatic N) is 2. The van der Waals surface area contributed by atoms with Crippen LogP contribution in [0, 0.1) is 0 Å². The molecule has 0 aromatic heterocycles. The lowest BCUT2D eigenvalue weighted by Crippen LogP contribution is -2.42. The topological polar surface area (TPSA) is 59.1 Å². The van der Waals surface area contributed by atoms with Gasteiger partial charge in [0.15, 0.2) is 11.5 Å². The van der Waals surface area contributed by atoms with Gasteiger partial charge in [-0.05, 0) is 49.2 Å². The molecule has 2 aromatic rings. The van der Waals surface area contributed by atoms with Crippen molar-refractivity contribution < 1.29 is 19.1 Å². The molecule has 3 rings (SSSR count).